The van der Waals surface area contributed by atoms with Crippen LogP contribution >= 0.6 is 0 Å². The Balaban J connectivity index is 1.62. The molecule has 7 heteroatoms. The number of amides is 1. The first-order valence-corrected chi connectivity index (χ1v) is 8.21. The summed E-state index contributed by atoms with van der Waals surface area (Å²) in [6, 6.07) is 13.9. The number of fused-ring (bicyclic) bond motifs is 1. The van der Waals surface area contributed by atoms with Crippen LogP contribution in [0.4, 0.5) is 5.69 Å². The van der Waals surface area contributed by atoms with Crippen molar-refractivity contribution in [3.63, 3.8) is 0 Å². The Kier molecular flexibility index (Phi) is 5.38. The van der Waals surface area contributed by atoms with Crippen LogP contribution in [0.3, 0.4) is 0 Å². The van der Waals surface area contributed by atoms with E-state index in [1.54, 1.807) is 24.3 Å². The maximum Gasteiger partial charge on any atom is 0.267 e. The van der Waals surface area contributed by atoms with Gasteiger partial charge in [-0.25, -0.2) is 0 Å². The average molecular weight is 363 g/mol. The van der Waals surface area contributed by atoms with E-state index in [0.29, 0.717) is 29.3 Å². The molecule has 0 radical (unpaired) electrons. The maximum absolute atomic E-state index is 12.3. The number of benzene rings is 2. The van der Waals surface area contributed by atoms with E-state index in [1.807, 2.05) is 24.3 Å². The topological polar surface area (TPSA) is 100 Å². The lowest BCUT2D eigenvalue weighted by Gasteiger charge is -2.07. The quantitative estimate of drug-likeness (QED) is 0.465. The Morgan fingerprint density at radius 3 is 2.78 bits per heavy atom. The summed E-state index contributed by atoms with van der Waals surface area (Å²) in [5.41, 5.74) is 1.77. The molecular weight excluding hydrogens is 346 g/mol. The Bertz CT molecular complexity index is 960. The van der Waals surface area contributed by atoms with E-state index in [0.717, 1.165) is 5.56 Å². The molecule has 27 heavy (non-hydrogen) atoms. The fraction of sp³-hybridized carbons (Fsp3) is 0.150. The molecule has 3 rings (SSSR count). The molecule has 1 heterocycles. The molecule has 7 nitrogen and oxygen atoms in total. The summed E-state index contributed by atoms with van der Waals surface area (Å²) >= 11 is 0. The van der Waals surface area contributed by atoms with Crippen LogP contribution in [0.15, 0.2) is 54.2 Å². The zero-order valence-corrected chi connectivity index (χ0v) is 14.6. The predicted molar refractivity (Wildman–Crippen MR) is 98.2 cm³/mol. The van der Waals surface area contributed by atoms with Gasteiger partial charge >= 0.3 is 0 Å². The van der Waals surface area contributed by atoms with Gasteiger partial charge in [-0.2, -0.15) is 5.26 Å². The van der Waals surface area contributed by atoms with Crippen LogP contribution in [0.1, 0.15) is 22.8 Å². The number of hydrogen-bond acceptors (Lipinski definition) is 6. The first-order valence-electron chi connectivity index (χ1n) is 8.21. The number of carbonyl (C=O) groups excluding carboxylic acids is 2. The molecule has 0 saturated carbocycles. The number of nitrogens with zero attached hydrogens (tertiary/aromatic N) is 1. The van der Waals surface area contributed by atoms with Gasteiger partial charge in [0.05, 0.1) is 0 Å². The van der Waals surface area contributed by atoms with Gasteiger partial charge in [-0.05, 0) is 36.8 Å². The second-order valence-electron chi connectivity index (χ2n) is 5.83. The molecule has 0 saturated heterocycles. The van der Waals surface area contributed by atoms with Gasteiger partial charge in [0, 0.05) is 24.0 Å². The molecule has 0 bridgehead atoms. The molecule has 0 spiro atoms. The van der Waals surface area contributed by atoms with Gasteiger partial charge in [0.25, 0.3) is 5.91 Å². The van der Waals surface area contributed by atoms with Crippen molar-refractivity contribution >= 4 is 17.4 Å². The van der Waals surface area contributed by atoms with E-state index in [-0.39, 0.29) is 18.1 Å². The predicted octanol–water partition coefficient (Wildman–Crippen LogP) is 2.75. The molecule has 1 aliphatic heterocycles. The second kappa shape index (κ2) is 8.06. The van der Waals surface area contributed by atoms with Crippen molar-refractivity contribution in [1.82, 2.24) is 5.32 Å². The van der Waals surface area contributed by atoms with Gasteiger partial charge in [-0.3, -0.25) is 9.59 Å². The summed E-state index contributed by atoms with van der Waals surface area (Å²) in [5, 5.41) is 14.8. The number of nitrogens with one attached hydrogen (secondary N) is 2. The summed E-state index contributed by atoms with van der Waals surface area (Å²) in [6.07, 6.45) is 1.36. The normalized spacial score (nSPS) is 12.2. The molecule has 2 aromatic carbocycles. The van der Waals surface area contributed by atoms with E-state index >= 15 is 0 Å². The Labute approximate surface area is 156 Å². The van der Waals surface area contributed by atoms with Gasteiger partial charge in [0.2, 0.25) is 6.79 Å². The van der Waals surface area contributed by atoms with Crippen LogP contribution < -0.4 is 20.1 Å². The molecule has 2 N–H and O–H groups in total. The molecular formula is C20H17N3O4. The number of hydrogen-bond donors (Lipinski definition) is 2. The molecule has 0 fully saturated rings. The van der Waals surface area contributed by atoms with Crippen LogP contribution in [0.25, 0.3) is 0 Å². The summed E-state index contributed by atoms with van der Waals surface area (Å²) < 4.78 is 10.6. The van der Waals surface area contributed by atoms with Crippen molar-refractivity contribution < 1.29 is 19.1 Å². The highest BCUT2D eigenvalue weighted by Gasteiger charge is 2.13. The molecule has 0 aliphatic carbocycles. The number of nitriles is 1. The van der Waals surface area contributed by atoms with E-state index in [1.165, 1.54) is 13.1 Å². The van der Waals surface area contributed by atoms with Gasteiger partial charge in [0.15, 0.2) is 17.3 Å². The first-order chi connectivity index (χ1) is 13.1. The third kappa shape index (κ3) is 4.44. The molecule has 0 unspecified atom stereocenters. The number of Topliss-reactive ketones (excluding diaryl/α,β-unsaturated/α-hetero) is 1. The van der Waals surface area contributed by atoms with Crippen molar-refractivity contribution in [2.75, 3.05) is 12.1 Å². The first kappa shape index (κ1) is 18.0. The second-order valence-corrected chi connectivity index (χ2v) is 5.83. The number of anilines is 1. The van der Waals surface area contributed by atoms with Gasteiger partial charge < -0.3 is 20.1 Å². The van der Waals surface area contributed by atoms with Crippen LogP contribution in [-0.2, 0) is 11.3 Å². The SMILES string of the molecule is CC(=O)c1cccc(NC(=O)/C(C#N)=C\NCc2ccc3c(c2)OCO3)c1. The minimum absolute atomic E-state index is 0.0797. The zero-order valence-electron chi connectivity index (χ0n) is 14.6. The number of ether oxygens (including phenoxy) is 2. The van der Waals surface area contributed by atoms with Crippen molar-refractivity contribution in [3.05, 3.63) is 65.4 Å². The van der Waals surface area contributed by atoms with Crippen LogP contribution in [0.5, 0.6) is 11.5 Å². The number of ketones is 1. The third-order valence-corrected chi connectivity index (χ3v) is 3.88. The van der Waals surface area contributed by atoms with E-state index in [9.17, 15) is 14.9 Å². The highest BCUT2D eigenvalue weighted by atomic mass is 16.7. The van der Waals surface area contributed by atoms with Crippen molar-refractivity contribution in [3.8, 4) is 17.6 Å². The largest absolute Gasteiger partial charge is 0.454 e. The summed E-state index contributed by atoms with van der Waals surface area (Å²) in [6.45, 7) is 2.06. The van der Waals surface area contributed by atoms with Crippen molar-refractivity contribution in [2.24, 2.45) is 0 Å². The molecule has 2 aromatic rings. The summed E-state index contributed by atoms with van der Waals surface area (Å²) in [5.74, 6) is 0.699. The minimum atomic E-state index is -0.559. The highest BCUT2D eigenvalue weighted by molar-refractivity contribution is 6.07. The van der Waals surface area contributed by atoms with Crippen LogP contribution in [0.2, 0.25) is 0 Å². The lowest BCUT2D eigenvalue weighted by atomic mass is 10.1. The molecule has 0 aromatic heterocycles. The van der Waals surface area contributed by atoms with Crippen molar-refractivity contribution in [1.29, 1.82) is 5.26 Å². The van der Waals surface area contributed by atoms with E-state index < -0.39 is 5.91 Å². The Hall–Kier alpha value is -3.79. The monoisotopic (exact) mass is 363 g/mol. The average Bonchev–Trinajstić information content (AvgIpc) is 3.13. The molecule has 136 valence electrons. The third-order valence-electron chi connectivity index (χ3n) is 3.88. The van der Waals surface area contributed by atoms with Gasteiger partial charge in [0.1, 0.15) is 11.6 Å². The smallest absolute Gasteiger partial charge is 0.267 e. The standard InChI is InChI=1S/C20H17N3O4/c1-13(24)15-3-2-4-17(8-15)23-20(25)16(9-21)11-22-10-14-5-6-18-19(7-14)27-12-26-18/h2-8,11,22H,10,12H2,1H3,(H,23,25)/b16-11-. The zero-order chi connectivity index (χ0) is 19.2. The Morgan fingerprint density at radius 1 is 1.19 bits per heavy atom. The lowest BCUT2D eigenvalue weighted by molar-refractivity contribution is -0.112. The molecule has 0 atom stereocenters. The van der Waals surface area contributed by atoms with E-state index in [4.69, 9.17) is 9.47 Å². The van der Waals surface area contributed by atoms with E-state index in [2.05, 4.69) is 10.6 Å². The lowest BCUT2D eigenvalue weighted by Crippen LogP contribution is -2.16. The van der Waals surface area contributed by atoms with Crippen LogP contribution in [0, 0.1) is 11.3 Å². The number of rotatable bonds is 6. The summed E-state index contributed by atoms with van der Waals surface area (Å²) in [4.78, 5) is 23.7. The van der Waals surface area contributed by atoms with Crippen molar-refractivity contribution in [2.45, 2.75) is 13.5 Å². The van der Waals surface area contributed by atoms with Crippen LogP contribution in [-0.4, -0.2) is 18.5 Å². The molecule has 1 amide bonds. The Morgan fingerprint density at radius 2 is 2.00 bits per heavy atom. The fourth-order valence-electron chi connectivity index (χ4n) is 2.48. The van der Waals surface area contributed by atoms with Gasteiger partial charge in [-0.15, -0.1) is 0 Å². The fourth-order valence-corrected chi connectivity index (χ4v) is 2.48. The maximum atomic E-state index is 12.3. The minimum Gasteiger partial charge on any atom is -0.454 e. The number of carbonyl (C=O) groups is 2. The highest BCUT2D eigenvalue weighted by Crippen LogP contribution is 2.32. The van der Waals surface area contributed by atoms with Gasteiger partial charge in [-0.1, -0.05) is 18.2 Å². The molecule has 1 aliphatic rings. The summed E-state index contributed by atoms with van der Waals surface area (Å²) in [7, 11) is 0.